The van der Waals surface area contributed by atoms with E-state index in [9.17, 15) is 18.0 Å². The van der Waals surface area contributed by atoms with Gasteiger partial charge < -0.3 is 16.4 Å². The van der Waals surface area contributed by atoms with E-state index in [2.05, 4.69) is 20.6 Å². The first-order valence-corrected chi connectivity index (χ1v) is 10.0. The smallest absolute Gasteiger partial charge is 0.366 e. The number of aromatic nitrogens is 2. The molecule has 30 heavy (non-hydrogen) atoms. The molecule has 1 aliphatic heterocycles. The second-order valence-electron chi connectivity index (χ2n) is 7.01. The van der Waals surface area contributed by atoms with Crippen LogP contribution in [0.25, 0.3) is 10.6 Å². The fraction of sp³-hybridized carbons (Fsp3) is 0.250. The van der Waals surface area contributed by atoms with E-state index in [-0.39, 0.29) is 22.1 Å². The van der Waals surface area contributed by atoms with Gasteiger partial charge in [0.05, 0.1) is 16.1 Å². The number of nitrogens with zero attached hydrogens (tertiary/aromatic N) is 2. The van der Waals surface area contributed by atoms with Crippen molar-refractivity contribution in [1.29, 1.82) is 0 Å². The Hall–Kier alpha value is -2.98. The third-order valence-corrected chi connectivity index (χ3v) is 5.83. The molecule has 1 aromatic carbocycles. The lowest BCUT2D eigenvalue weighted by Crippen LogP contribution is -2.23. The molecule has 2 aromatic heterocycles. The molecule has 3 aromatic rings. The number of aryl methyl sites for hydroxylation is 1. The summed E-state index contributed by atoms with van der Waals surface area (Å²) in [5, 5.41) is 7.76. The molecule has 10 heteroatoms. The van der Waals surface area contributed by atoms with Crippen LogP contribution in [0, 0.1) is 6.92 Å². The van der Waals surface area contributed by atoms with Gasteiger partial charge in [-0.25, -0.2) is 9.97 Å². The van der Waals surface area contributed by atoms with Gasteiger partial charge in [0.15, 0.2) is 0 Å². The Labute approximate surface area is 174 Å². The molecule has 156 valence electrons. The van der Waals surface area contributed by atoms with Crippen molar-refractivity contribution in [2.75, 3.05) is 11.9 Å². The number of hydrogen-bond acceptors (Lipinski definition) is 6. The molecule has 0 radical (unpaired) electrons. The van der Waals surface area contributed by atoms with E-state index < -0.39 is 17.6 Å². The van der Waals surface area contributed by atoms with Crippen molar-refractivity contribution >= 4 is 28.9 Å². The number of benzene rings is 1. The van der Waals surface area contributed by atoms with Crippen LogP contribution in [0.2, 0.25) is 0 Å². The van der Waals surface area contributed by atoms with Gasteiger partial charge in [0.25, 0.3) is 0 Å². The number of carbonyl (C=O) groups is 1. The minimum Gasteiger partial charge on any atom is -0.366 e. The van der Waals surface area contributed by atoms with Gasteiger partial charge in [0.1, 0.15) is 5.56 Å². The number of amides is 1. The predicted molar refractivity (Wildman–Crippen MR) is 109 cm³/mol. The van der Waals surface area contributed by atoms with Gasteiger partial charge >= 0.3 is 6.18 Å². The molecule has 0 aliphatic carbocycles. The number of thiophene rings is 1. The van der Waals surface area contributed by atoms with Crippen LogP contribution in [-0.2, 0) is 19.1 Å². The van der Waals surface area contributed by atoms with Crippen molar-refractivity contribution in [2.24, 2.45) is 5.73 Å². The molecule has 0 saturated carbocycles. The van der Waals surface area contributed by atoms with Gasteiger partial charge in [0, 0.05) is 23.8 Å². The monoisotopic (exact) mass is 433 g/mol. The van der Waals surface area contributed by atoms with E-state index >= 15 is 0 Å². The zero-order valence-corrected chi connectivity index (χ0v) is 16.7. The molecule has 0 spiro atoms. The van der Waals surface area contributed by atoms with E-state index in [0.29, 0.717) is 0 Å². The average molecular weight is 433 g/mol. The summed E-state index contributed by atoms with van der Waals surface area (Å²) in [5.74, 6) is -0.665. The van der Waals surface area contributed by atoms with Crippen LogP contribution in [0.3, 0.4) is 0 Å². The summed E-state index contributed by atoms with van der Waals surface area (Å²) in [6.45, 7) is 3.58. The SMILES string of the molecule is Cc1cc2c(cc1Nc1ncc(C(F)(F)F)c(-c3cc(C(N)=O)cs3)n1)CCNC2. The summed E-state index contributed by atoms with van der Waals surface area (Å²) in [4.78, 5) is 19.6. The molecular formula is C20H18F3N5OS. The Bertz CT molecular complexity index is 1130. The second kappa shape index (κ2) is 7.69. The number of nitrogens with two attached hydrogens (primary N) is 1. The standard InChI is InChI=1S/C20H18F3N5OS/c1-10-4-12-7-25-3-2-11(12)5-15(10)27-19-26-8-14(20(21,22)23)17(28-19)16-6-13(9-30-16)18(24)29/h4-6,8-9,25H,2-3,7H2,1H3,(H2,24,29)(H,26,27,28). The fourth-order valence-corrected chi connectivity index (χ4v) is 4.24. The molecule has 0 fully saturated rings. The average Bonchev–Trinajstić information content (AvgIpc) is 3.18. The van der Waals surface area contributed by atoms with Crippen LogP contribution in [0.1, 0.15) is 32.6 Å². The number of fused-ring (bicyclic) bond motifs is 1. The molecule has 0 saturated heterocycles. The Morgan fingerprint density at radius 3 is 2.77 bits per heavy atom. The van der Waals surface area contributed by atoms with Crippen LogP contribution >= 0.6 is 11.3 Å². The number of halogens is 3. The summed E-state index contributed by atoms with van der Waals surface area (Å²) >= 11 is 0.972. The number of rotatable bonds is 4. The van der Waals surface area contributed by atoms with Gasteiger partial charge in [-0.2, -0.15) is 13.2 Å². The molecular weight excluding hydrogens is 415 g/mol. The van der Waals surface area contributed by atoms with Gasteiger partial charge in [-0.1, -0.05) is 6.07 Å². The highest BCUT2D eigenvalue weighted by Gasteiger charge is 2.36. The van der Waals surface area contributed by atoms with E-state index in [4.69, 9.17) is 5.73 Å². The van der Waals surface area contributed by atoms with Crippen LogP contribution in [0.15, 0.2) is 29.8 Å². The van der Waals surface area contributed by atoms with Crippen LogP contribution < -0.4 is 16.4 Å². The topological polar surface area (TPSA) is 92.9 Å². The van der Waals surface area contributed by atoms with Gasteiger partial charge in [0.2, 0.25) is 11.9 Å². The van der Waals surface area contributed by atoms with E-state index in [1.165, 1.54) is 22.6 Å². The van der Waals surface area contributed by atoms with Crippen molar-refractivity contribution in [3.05, 3.63) is 57.6 Å². The molecule has 3 heterocycles. The van der Waals surface area contributed by atoms with E-state index in [0.717, 1.165) is 48.3 Å². The second-order valence-corrected chi connectivity index (χ2v) is 7.92. The van der Waals surface area contributed by atoms with Crippen molar-refractivity contribution in [2.45, 2.75) is 26.1 Å². The normalized spacial score (nSPS) is 13.7. The molecule has 0 unspecified atom stereocenters. The van der Waals surface area contributed by atoms with Gasteiger partial charge in [-0.3, -0.25) is 4.79 Å². The van der Waals surface area contributed by atoms with E-state index in [1.807, 2.05) is 19.1 Å². The Balaban J connectivity index is 1.74. The highest BCUT2D eigenvalue weighted by Crippen LogP contribution is 2.38. The summed E-state index contributed by atoms with van der Waals surface area (Å²) in [5.41, 5.74) is 8.16. The molecule has 1 aliphatic rings. The maximum atomic E-state index is 13.5. The zero-order valence-electron chi connectivity index (χ0n) is 15.9. The quantitative estimate of drug-likeness (QED) is 0.578. The lowest BCUT2D eigenvalue weighted by atomic mass is 9.97. The fourth-order valence-electron chi connectivity index (χ4n) is 3.34. The summed E-state index contributed by atoms with van der Waals surface area (Å²) in [6, 6.07) is 5.35. The van der Waals surface area contributed by atoms with Crippen LogP contribution in [0.5, 0.6) is 0 Å². The first-order chi connectivity index (χ1) is 14.2. The number of primary amides is 1. The maximum absolute atomic E-state index is 13.5. The van der Waals surface area contributed by atoms with Crippen molar-refractivity contribution in [3.63, 3.8) is 0 Å². The minimum atomic E-state index is -4.64. The predicted octanol–water partition coefficient (Wildman–Crippen LogP) is 4.02. The molecule has 0 atom stereocenters. The largest absolute Gasteiger partial charge is 0.420 e. The van der Waals surface area contributed by atoms with Gasteiger partial charge in [-0.15, -0.1) is 11.3 Å². The number of hydrogen-bond donors (Lipinski definition) is 3. The van der Waals surface area contributed by atoms with E-state index in [1.54, 1.807) is 0 Å². The first kappa shape index (κ1) is 20.3. The van der Waals surface area contributed by atoms with Crippen LogP contribution in [-0.4, -0.2) is 22.4 Å². The number of nitrogens with one attached hydrogen (secondary N) is 2. The third kappa shape index (κ3) is 4.01. The first-order valence-electron chi connectivity index (χ1n) is 9.15. The Morgan fingerprint density at radius 2 is 2.07 bits per heavy atom. The van der Waals surface area contributed by atoms with Crippen molar-refractivity contribution in [1.82, 2.24) is 15.3 Å². The highest BCUT2D eigenvalue weighted by atomic mass is 32.1. The summed E-state index contributed by atoms with van der Waals surface area (Å²) in [7, 11) is 0. The lowest BCUT2D eigenvalue weighted by Gasteiger charge is -2.20. The molecule has 6 nitrogen and oxygen atoms in total. The zero-order chi connectivity index (χ0) is 21.5. The van der Waals surface area contributed by atoms with Crippen molar-refractivity contribution in [3.8, 4) is 10.6 Å². The van der Waals surface area contributed by atoms with Crippen LogP contribution in [0.4, 0.5) is 24.8 Å². The number of alkyl halides is 3. The summed E-state index contributed by atoms with van der Waals surface area (Å²) < 4.78 is 40.6. The third-order valence-electron chi connectivity index (χ3n) is 4.89. The Kier molecular flexibility index (Phi) is 5.20. The number of carbonyl (C=O) groups excluding carboxylic acids is 1. The Morgan fingerprint density at radius 1 is 1.27 bits per heavy atom. The summed E-state index contributed by atoms with van der Waals surface area (Å²) in [6.07, 6.45) is -3.01. The minimum absolute atomic E-state index is 0.0454. The van der Waals surface area contributed by atoms with Gasteiger partial charge in [-0.05, 0) is 48.7 Å². The molecule has 4 rings (SSSR count). The number of anilines is 2. The van der Waals surface area contributed by atoms with Crippen molar-refractivity contribution < 1.29 is 18.0 Å². The highest BCUT2D eigenvalue weighted by molar-refractivity contribution is 7.13. The maximum Gasteiger partial charge on any atom is 0.420 e. The molecule has 1 amide bonds. The lowest BCUT2D eigenvalue weighted by molar-refractivity contribution is -0.137. The molecule has 4 N–H and O–H groups in total. The molecule has 0 bridgehead atoms.